The Hall–Kier alpha value is -1.75. The third-order valence-electron chi connectivity index (χ3n) is 3.40. The van der Waals surface area contributed by atoms with E-state index in [1.54, 1.807) is 11.8 Å². The van der Waals surface area contributed by atoms with Gasteiger partial charge in [-0.25, -0.2) is 0 Å². The largest absolute Gasteiger partial charge is 0.406 e. The van der Waals surface area contributed by atoms with Crippen molar-refractivity contribution < 1.29 is 22.7 Å². The van der Waals surface area contributed by atoms with Gasteiger partial charge in [-0.05, 0) is 6.92 Å². The van der Waals surface area contributed by atoms with Crippen LogP contribution < -0.4 is 10.2 Å². The molecule has 0 spiro atoms. The molecule has 1 fully saturated rings. The summed E-state index contributed by atoms with van der Waals surface area (Å²) in [6.07, 6.45) is -2.90. The van der Waals surface area contributed by atoms with Gasteiger partial charge in [-0.3, -0.25) is 9.36 Å². The number of ether oxygens (including phenoxy) is 1. The molecule has 1 N–H and O–H groups in total. The number of nitrogens with zero attached hydrogens (tertiary/aromatic N) is 4. The fourth-order valence-corrected chi connectivity index (χ4v) is 3.08. The van der Waals surface area contributed by atoms with Crippen molar-refractivity contribution >= 4 is 23.6 Å². The summed E-state index contributed by atoms with van der Waals surface area (Å²) < 4.78 is 45.2. The highest BCUT2D eigenvalue weighted by Gasteiger charge is 2.33. The van der Waals surface area contributed by atoms with Gasteiger partial charge in [0.1, 0.15) is 6.54 Å². The Morgan fingerprint density at radius 3 is 2.72 bits per heavy atom. The standard InChI is InChI=1S/C14H20F3N5O2S/c1-3-4-18-11(23)10(2)25-13-20-19-12(21-5-7-24-8-6-21)22(13)9-14(15,16)17/h3,10H,1,4-9H2,2H3,(H,18,23). The first-order valence-electron chi connectivity index (χ1n) is 7.69. The normalized spacial score (nSPS) is 16.6. The van der Waals surface area contributed by atoms with E-state index < -0.39 is 18.0 Å². The molecule has 1 unspecified atom stereocenters. The van der Waals surface area contributed by atoms with E-state index >= 15 is 0 Å². The second-order valence-corrected chi connectivity index (χ2v) is 6.69. The highest BCUT2D eigenvalue weighted by Crippen LogP contribution is 2.29. The van der Waals surface area contributed by atoms with Gasteiger partial charge in [0, 0.05) is 19.6 Å². The van der Waals surface area contributed by atoms with Gasteiger partial charge in [-0.2, -0.15) is 13.2 Å². The van der Waals surface area contributed by atoms with Gasteiger partial charge in [-0.1, -0.05) is 17.8 Å². The molecule has 1 aromatic rings. The van der Waals surface area contributed by atoms with Crippen LogP contribution in [-0.4, -0.2) is 64.9 Å². The summed E-state index contributed by atoms with van der Waals surface area (Å²) in [6.45, 7) is 5.89. The van der Waals surface area contributed by atoms with Gasteiger partial charge < -0.3 is 15.0 Å². The van der Waals surface area contributed by atoms with Crippen molar-refractivity contribution in [1.82, 2.24) is 20.1 Å². The van der Waals surface area contributed by atoms with Crippen molar-refractivity contribution in [3.8, 4) is 0 Å². The van der Waals surface area contributed by atoms with Crippen molar-refractivity contribution in [3.05, 3.63) is 12.7 Å². The van der Waals surface area contributed by atoms with Gasteiger partial charge in [0.15, 0.2) is 5.16 Å². The second-order valence-electron chi connectivity index (χ2n) is 5.38. The fourth-order valence-electron chi connectivity index (χ4n) is 2.21. The van der Waals surface area contributed by atoms with E-state index in [1.165, 1.54) is 6.08 Å². The molecule has 11 heteroatoms. The predicted octanol–water partition coefficient (Wildman–Crippen LogP) is 1.46. The minimum absolute atomic E-state index is 0.0556. The number of nitrogens with one attached hydrogen (secondary N) is 1. The number of halogens is 3. The van der Waals surface area contributed by atoms with Crippen LogP contribution in [0.3, 0.4) is 0 Å². The molecule has 25 heavy (non-hydrogen) atoms. The first-order chi connectivity index (χ1) is 11.8. The quantitative estimate of drug-likeness (QED) is 0.571. The van der Waals surface area contributed by atoms with E-state index in [2.05, 4.69) is 22.1 Å². The molecule has 0 radical (unpaired) electrons. The van der Waals surface area contributed by atoms with E-state index in [-0.39, 0.29) is 23.6 Å². The van der Waals surface area contributed by atoms with Crippen LogP contribution in [0.25, 0.3) is 0 Å². The highest BCUT2D eigenvalue weighted by atomic mass is 32.2. The van der Waals surface area contributed by atoms with Gasteiger partial charge in [0.05, 0.1) is 18.5 Å². The molecule has 0 saturated carbocycles. The summed E-state index contributed by atoms with van der Waals surface area (Å²) in [4.78, 5) is 13.6. The maximum Gasteiger partial charge on any atom is 0.406 e. The van der Waals surface area contributed by atoms with Crippen LogP contribution in [0.1, 0.15) is 6.92 Å². The molecule has 0 aliphatic carbocycles. The molecule has 1 aliphatic rings. The molecule has 1 amide bonds. The lowest BCUT2D eigenvalue weighted by molar-refractivity contribution is -0.141. The van der Waals surface area contributed by atoms with Crippen LogP contribution in [0.4, 0.5) is 19.1 Å². The average Bonchev–Trinajstić information content (AvgIpc) is 2.94. The topological polar surface area (TPSA) is 72.3 Å². The van der Waals surface area contributed by atoms with E-state index in [0.717, 1.165) is 16.3 Å². The maximum atomic E-state index is 13.0. The van der Waals surface area contributed by atoms with Crippen LogP contribution in [0, 0.1) is 0 Å². The minimum atomic E-state index is -4.42. The van der Waals surface area contributed by atoms with Gasteiger partial charge in [0.25, 0.3) is 0 Å². The molecule has 1 aliphatic heterocycles. The van der Waals surface area contributed by atoms with E-state index in [0.29, 0.717) is 26.3 Å². The number of hydrogen-bond donors (Lipinski definition) is 1. The van der Waals surface area contributed by atoms with Gasteiger partial charge in [0.2, 0.25) is 11.9 Å². The summed E-state index contributed by atoms with van der Waals surface area (Å²) >= 11 is 0.939. The summed E-state index contributed by atoms with van der Waals surface area (Å²) in [7, 11) is 0. The Kier molecular flexibility index (Phi) is 6.71. The number of rotatable bonds is 7. The third kappa shape index (κ3) is 5.63. The van der Waals surface area contributed by atoms with E-state index in [9.17, 15) is 18.0 Å². The first-order valence-corrected chi connectivity index (χ1v) is 8.57. The summed E-state index contributed by atoms with van der Waals surface area (Å²) in [6, 6.07) is 0. The fraction of sp³-hybridized carbons (Fsp3) is 0.643. The molecule has 0 aromatic carbocycles. The number of alkyl halides is 3. The zero-order chi connectivity index (χ0) is 18.4. The number of amides is 1. The maximum absolute atomic E-state index is 13.0. The average molecular weight is 379 g/mol. The molecule has 1 aromatic heterocycles. The Labute approximate surface area is 147 Å². The lowest BCUT2D eigenvalue weighted by Crippen LogP contribution is -2.38. The summed E-state index contributed by atoms with van der Waals surface area (Å²) in [5.41, 5.74) is 0. The Balaban J connectivity index is 2.19. The first kappa shape index (κ1) is 19.6. The molecule has 2 rings (SSSR count). The molecule has 1 saturated heterocycles. The van der Waals surface area contributed by atoms with E-state index in [4.69, 9.17) is 4.74 Å². The second kappa shape index (κ2) is 8.56. The smallest absolute Gasteiger partial charge is 0.378 e. The third-order valence-corrected chi connectivity index (χ3v) is 4.48. The van der Waals surface area contributed by atoms with Crippen molar-refractivity contribution in [1.29, 1.82) is 0 Å². The summed E-state index contributed by atoms with van der Waals surface area (Å²) in [5.74, 6) is -0.166. The number of anilines is 1. The molecule has 2 heterocycles. The van der Waals surface area contributed by atoms with Crippen LogP contribution in [0.15, 0.2) is 17.8 Å². The molecule has 140 valence electrons. The van der Waals surface area contributed by atoms with Crippen molar-refractivity contribution in [2.75, 3.05) is 37.7 Å². The minimum Gasteiger partial charge on any atom is -0.378 e. The Morgan fingerprint density at radius 1 is 1.44 bits per heavy atom. The zero-order valence-electron chi connectivity index (χ0n) is 13.8. The van der Waals surface area contributed by atoms with Gasteiger partial charge in [-0.15, -0.1) is 16.8 Å². The number of aromatic nitrogens is 3. The van der Waals surface area contributed by atoms with Crippen LogP contribution >= 0.6 is 11.8 Å². The Bertz CT molecular complexity index is 602. The SMILES string of the molecule is C=CCNC(=O)C(C)Sc1nnc(N2CCOCC2)n1CC(F)(F)F. The lowest BCUT2D eigenvalue weighted by Gasteiger charge is -2.28. The number of thioether (sulfide) groups is 1. The summed E-state index contributed by atoms with van der Waals surface area (Å²) in [5, 5.41) is 9.83. The number of morpholine rings is 1. The number of carbonyl (C=O) groups excluding carboxylic acids is 1. The molecular formula is C14H20F3N5O2S. The van der Waals surface area contributed by atoms with Crippen molar-refractivity contribution in [2.45, 2.75) is 30.1 Å². The lowest BCUT2D eigenvalue weighted by atomic mass is 10.4. The van der Waals surface area contributed by atoms with Crippen molar-refractivity contribution in [2.24, 2.45) is 0 Å². The zero-order valence-corrected chi connectivity index (χ0v) is 14.6. The van der Waals surface area contributed by atoms with Gasteiger partial charge >= 0.3 is 6.18 Å². The number of carbonyl (C=O) groups is 1. The Morgan fingerprint density at radius 2 is 2.12 bits per heavy atom. The van der Waals surface area contributed by atoms with Crippen LogP contribution in [0.5, 0.6) is 0 Å². The van der Waals surface area contributed by atoms with Crippen LogP contribution in [0.2, 0.25) is 0 Å². The molecule has 7 nitrogen and oxygen atoms in total. The van der Waals surface area contributed by atoms with Crippen LogP contribution in [-0.2, 0) is 16.1 Å². The molecule has 0 bridgehead atoms. The van der Waals surface area contributed by atoms with E-state index in [1.807, 2.05) is 0 Å². The van der Waals surface area contributed by atoms with Crippen molar-refractivity contribution in [3.63, 3.8) is 0 Å². The molecule has 1 atom stereocenters. The molecular weight excluding hydrogens is 359 g/mol. The monoisotopic (exact) mass is 379 g/mol. The predicted molar refractivity (Wildman–Crippen MR) is 87.6 cm³/mol. The number of hydrogen-bond acceptors (Lipinski definition) is 6. The highest BCUT2D eigenvalue weighted by molar-refractivity contribution is 8.00.